The van der Waals surface area contributed by atoms with E-state index in [4.69, 9.17) is 0 Å². The Morgan fingerprint density at radius 3 is 2.08 bits per heavy atom. The molecule has 0 aromatic carbocycles. The van der Waals surface area contributed by atoms with Crippen LogP contribution in [0.2, 0.25) is 0 Å². The van der Waals surface area contributed by atoms with Gasteiger partial charge in [-0.05, 0) is 46.9 Å². The SMILES string of the molecule is C/C=C(C)\C(=C\C)CCN(C)C. The van der Waals surface area contributed by atoms with Gasteiger partial charge in [-0.3, -0.25) is 0 Å². The Hall–Kier alpha value is -0.560. The highest BCUT2D eigenvalue weighted by Gasteiger charge is 1.98. The third-order valence-electron chi connectivity index (χ3n) is 2.12. The van der Waals surface area contributed by atoms with Crippen LogP contribution in [0.3, 0.4) is 0 Å². The molecular formula is C11H21N. The second-order valence-electron chi connectivity index (χ2n) is 3.34. The average Bonchev–Trinajstić information content (AvgIpc) is 2.04. The van der Waals surface area contributed by atoms with Gasteiger partial charge < -0.3 is 4.90 Å². The van der Waals surface area contributed by atoms with E-state index in [2.05, 4.69) is 51.9 Å². The molecule has 0 rings (SSSR count). The molecule has 0 aromatic rings. The minimum atomic E-state index is 1.13. The number of hydrogen-bond donors (Lipinski definition) is 0. The molecule has 0 aliphatic heterocycles. The minimum Gasteiger partial charge on any atom is -0.309 e. The van der Waals surface area contributed by atoms with Crippen molar-refractivity contribution in [3.05, 3.63) is 23.3 Å². The normalized spacial score (nSPS) is 14.2. The summed E-state index contributed by atoms with van der Waals surface area (Å²) < 4.78 is 0. The molecule has 0 atom stereocenters. The number of rotatable bonds is 4. The van der Waals surface area contributed by atoms with E-state index in [1.54, 1.807) is 0 Å². The summed E-state index contributed by atoms with van der Waals surface area (Å²) in [6, 6.07) is 0. The molecule has 70 valence electrons. The summed E-state index contributed by atoms with van der Waals surface area (Å²) in [5.41, 5.74) is 2.87. The van der Waals surface area contributed by atoms with Gasteiger partial charge in [0.1, 0.15) is 0 Å². The fraction of sp³-hybridized carbons (Fsp3) is 0.636. The monoisotopic (exact) mass is 167 g/mol. The van der Waals surface area contributed by atoms with E-state index < -0.39 is 0 Å². The summed E-state index contributed by atoms with van der Waals surface area (Å²) in [7, 11) is 4.22. The fourth-order valence-electron chi connectivity index (χ4n) is 1.10. The molecule has 0 radical (unpaired) electrons. The summed E-state index contributed by atoms with van der Waals surface area (Å²) >= 11 is 0. The highest BCUT2D eigenvalue weighted by atomic mass is 15.0. The van der Waals surface area contributed by atoms with Gasteiger partial charge in [-0.25, -0.2) is 0 Å². The van der Waals surface area contributed by atoms with Crippen molar-refractivity contribution < 1.29 is 0 Å². The first-order valence-electron chi connectivity index (χ1n) is 4.55. The topological polar surface area (TPSA) is 3.24 Å². The van der Waals surface area contributed by atoms with Crippen molar-refractivity contribution in [2.75, 3.05) is 20.6 Å². The van der Waals surface area contributed by atoms with Crippen LogP contribution in [0.5, 0.6) is 0 Å². The molecule has 0 amide bonds. The van der Waals surface area contributed by atoms with Gasteiger partial charge in [0.05, 0.1) is 0 Å². The highest BCUT2D eigenvalue weighted by molar-refractivity contribution is 5.27. The van der Waals surface area contributed by atoms with Crippen LogP contribution >= 0.6 is 0 Å². The lowest BCUT2D eigenvalue weighted by atomic mass is 10.0. The van der Waals surface area contributed by atoms with E-state index in [-0.39, 0.29) is 0 Å². The summed E-state index contributed by atoms with van der Waals surface area (Å²) in [4.78, 5) is 2.21. The molecule has 1 nitrogen and oxygen atoms in total. The number of nitrogens with zero attached hydrogens (tertiary/aromatic N) is 1. The van der Waals surface area contributed by atoms with E-state index in [1.165, 1.54) is 11.1 Å². The van der Waals surface area contributed by atoms with Gasteiger partial charge in [-0.15, -0.1) is 0 Å². The molecule has 0 aliphatic rings. The molecule has 0 spiro atoms. The first-order chi connectivity index (χ1) is 5.61. The fourth-order valence-corrected chi connectivity index (χ4v) is 1.10. The molecule has 0 aliphatic carbocycles. The van der Waals surface area contributed by atoms with E-state index in [9.17, 15) is 0 Å². The van der Waals surface area contributed by atoms with Gasteiger partial charge in [0.2, 0.25) is 0 Å². The molecular weight excluding hydrogens is 146 g/mol. The predicted octanol–water partition coefficient (Wildman–Crippen LogP) is 2.85. The quantitative estimate of drug-likeness (QED) is 0.582. The molecule has 0 bridgehead atoms. The number of allylic oxidation sites excluding steroid dienone is 3. The Morgan fingerprint density at radius 2 is 1.75 bits per heavy atom. The van der Waals surface area contributed by atoms with Crippen LogP contribution in [0, 0.1) is 0 Å². The van der Waals surface area contributed by atoms with Crippen LogP contribution < -0.4 is 0 Å². The summed E-state index contributed by atoms with van der Waals surface area (Å²) in [6.45, 7) is 7.50. The lowest BCUT2D eigenvalue weighted by Gasteiger charge is -2.12. The van der Waals surface area contributed by atoms with Crippen LogP contribution in [0.1, 0.15) is 27.2 Å². The Labute approximate surface area is 76.8 Å². The number of hydrogen-bond acceptors (Lipinski definition) is 1. The van der Waals surface area contributed by atoms with Gasteiger partial charge in [-0.2, -0.15) is 0 Å². The second kappa shape index (κ2) is 6.01. The maximum absolute atomic E-state index is 2.21. The third-order valence-corrected chi connectivity index (χ3v) is 2.12. The lowest BCUT2D eigenvalue weighted by Crippen LogP contribution is -2.13. The van der Waals surface area contributed by atoms with Crippen molar-refractivity contribution in [1.82, 2.24) is 4.90 Å². The third kappa shape index (κ3) is 4.35. The molecule has 0 N–H and O–H groups in total. The Balaban J connectivity index is 4.03. The van der Waals surface area contributed by atoms with Gasteiger partial charge >= 0.3 is 0 Å². The lowest BCUT2D eigenvalue weighted by molar-refractivity contribution is 0.413. The zero-order valence-electron chi connectivity index (χ0n) is 9.02. The van der Waals surface area contributed by atoms with Crippen molar-refractivity contribution in [1.29, 1.82) is 0 Å². The molecule has 0 unspecified atom stereocenters. The van der Waals surface area contributed by atoms with Crippen LogP contribution in [0.25, 0.3) is 0 Å². The van der Waals surface area contributed by atoms with Crippen molar-refractivity contribution in [3.63, 3.8) is 0 Å². The Kier molecular flexibility index (Phi) is 5.73. The average molecular weight is 167 g/mol. The maximum Gasteiger partial charge on any atom is 0.00157 e. The Morgan fingerprint density at radius 1 is 1.17 bits per heavy atom. The minimum absolute atomic E-state index is 1.13. The molecule has 0 fully saturated rings. The zero-order chi connectivity index (χ0) is 9.56. The zero-order valence-corrected chi connectivity index (χ0v) is 9.02. The van der Waals surface area contributed by atoms with Gasteiger partial charge in [0.25, 0.3) is 0 Å². The predicted molar refractivity (Wildman–Crippen MR) is 56.4 cm³/mol. The molecule has 0 aromatic heterocycles. The van der Waals surface area contributed by atoms with Gasteiger partial charge in [0.15, 0.2) is 0 Å². The first-order valence-corrected chi connectivity index (χ1v) is 4.55. The summed E-state index contributed by atoms with van der Waals surface area (Å²) in [6.07, 6.45) is 5.53. The molecule has 1 heteroatoms. The van der Waals surface area contributed by atoms with Crippen LogP contribution in [-0.2, 0) is 0 Å². The molecule has 12 heavy (non-hydrogen) atoms. The standard InChI is InChI=1S/C11H21N/c1-6-10(3)11(7-2)8-9-12(4)5/h6-7H,8-9H2,1-5H3/b10-6-,11-7+. The molecule has 0 saturated heterocycles. The summed E-state index contributed by atoms with van der Waals surface area (Å²) in [5, 5.41) is 0. The van der Waals surface area contributed by atoms with E-state index in [0.717, 1.165) is 13.0 Å². The van der Waals surface area contributed by atoms with Crippen molar-refractivity contribution in [3.8, 4) is 0 Å². The Bertz CT molecular complexity index is 175. The highest BCUT2D eigenvalue weighted by Crippen LogP contribution is 2.12. The van der Waals surface area contributed by atoms with Crippen LogP contribution in [0.4, 0.5) is 0 Å². The maximum atomic E-state index is 2.21. The second-order valence-corrected chi connectivity index (χ2v) is 3.34. The summed E-state index contributed by atoms with van der Waals surface area (Å²) in [5.74, 6) is 0. The van der Waals surface area contributed by atoms with Crippen molar-refractivity contribution in [2.45, 2.75) is 27.2 Å². The smallest absolute Gasteiger partial charge is 0.00157 e. The van der Waals surface area contributed by atoms with E-state index in [0.29, 0.717) is 0 Å². The van der Waals surface area contributed by atoms with Crippen LogP contribution in [-0.4, -0.2) is 25.5 Å². The van der Waals surface area contributed by atoms with Crippen molar-refractivity contribution in [2.24, 2.45) is 0 Å². The largest absolute Gasteiger partial charge is 0.309 e. The van der Waals surface area contributed by atoms with Crippen LogP contribution in [0.15, 0.2) is 23.3 Å². The van der Waals surface area contributed by atoms with Gasteiger partial charge in [-0.1, -0.05) is 17.7 Å². The van der Waals surface area contributed by atoms with Crippen molar-refractivity contribution >= 4 is 0 Å². The molecule has 0 heterocycles. The van der Waals surface area contributed by atoms with E-state index >= 15 is 0 Å². The molecule has 0 saturated carbocycles. The first kappa shape index (κ1) is 11.4. The van der Waals surface area contributed by atoms with Gasteiger partial charge in [0, 0.05) is 6.54 Å². The van der Waals surface area contributed by atoms with E-state index in [1.807, 2.05) is 0 Å².